The first-order valence-corrected chi connectivity index (χ1v) is 7.44. The number of hydrogen-bond donors (Lipinski definition) is 2. The number of benzene rings is 1. The first-order valence-electron chi connectivity index (χ1n) is 5.64. The van der Waals surface area contributed by atoms with Gasteiger partial charge in [-0.2, -0.15) is 0 Å². The smallest absolute Gasteiger partial charge is 0.234 e. The van der Waals surface area contributed by atoms with Gasteiger partial charge in [0.1, 0.15) is 5.01 Å². The normalized spacial score (nSPS) is 10.4. The molecule has 0 fully saturated rings. The number of anilines is 2. The monoisotopic (exact) mass is 294 g/mol. The summed E-state index contributed by atoms with van der Waals surface area (Å²) in [5.74, 6) is 0.231. The second-order valence-electron chi connectivity index (χ2n) is 3.94. The summed E-state index contributed by atoms with van der Waals surface area (Å²) < 4.78 is 0.803. The lowest BCUT2D eigenvalue weighted by Gasteiger charge is -2.09. The first-order chi connectivity index (χ1) is 9.06. The van der Waals surface area contributed by atoms with Crippen molar-refractivity contribution in [2.45, 2.75) is 18.2 Å². The van der Waals surface area contributed by atoms with Crippen molar-refractivity contribution in [2.75, 3.05) is 16.8 Å². The average molecular weight is 294 g/mol. The predicted molar refractivity (Wildman–Crippen MR) is 79.6 cm³/mol. The molecule has 100 valence electrons. The van der Waals surface area contributed by atoms with Crippen molar-refractivity contribution in [3.8, 4) is 0 Å². The molecule has 3 N–H and O–H groups in total. The number of thioether (sulfide) groups is 1. The van der Waals surface area contributed by atoms with Crippen LogP contribution in [0.5, 0.6) is 0 Å². The molecule has 0 saturated heterocycles. The van der Waals surface area contributed by atoms with Crippen molar-refractivity contribution in [3.05, 3.63) is 28.8 Å². The molecular formula is C12H14N4OS2. The van der Waals surface area contributed by atoms with Crippen molar-refractivity contribution < 1.29 is 4.79 Å². The number of aromatic nitrogens is 2. The molecular weight excluding hydrogens is 280 g/mol. The third kappa shape index (κ3) is 3.68. The molecule has 5 nitrogen and oxygen atoms in total. The number of amides is 1. The third-order valence-electron chi connectivity index (χ3n) is 2.48. The highest BCUT2D eigenvalue weighted by atomic mass is 32.2. The Kier molecular flexibility index (Phi) is 4.39. The molecule has 2 rings (SSSR count). The zero-order chi connectivity index (χ0) is 13.8. The maximum Gasteiger partial charge on any atom is 0.234 e. The van der Waals surface area contributed by atoms with E-state index >= 15 is 0 Å². The van der Waals surface area contributed by atoms with E-state index in [1.54, 1.807) is 0 Å². The summed E-state index contributed by atoms with van der Waals surface area (Å²) in [5, 5.41) is 11.6. The van der Waals surface area contributed by atoms with E-state index < -0.39 is 0 Å². The minimum atomic E-state index is -0.0773. The third-order valence-corrected chi connectivity index (χ3v) is 4.46. The summed E-state index contributed by atoms with van der Waals surface area (Å²) >= 11 is 2.86. The van der Waals surface area contributed by atoms with Gasteiger partial charge in [-0.05, 0) is 31.5 Å². The van der Waals surface area contributed by atoms with Gasteiger partial charge in [-0.1, -0.05) is 29.2 Å². The fourth-order valence-corrected chi connectivity index (χ4v) is 3.05. The predicted octanol–water partition coefficient (Wildman–Crippen LogP) is 2.47. The number of rotatable bonds is 4. The summed E-state index contributed by atoms with van der Waals surface area (Å²) in [6.07, 6.45) is 0. The van der Waals surface area contributed by atoms with Crippen LogP contribution in [-0.4, -0.2) is 21.9 Å². The number of carbonyl (C=O) groups excluding carboxylic acids is 1. The fraction of sp³-hybridized carbons (Fsp3) is 0.250. The van der Waals surface area contributed by atoms with Crippen LogP contribution in [0.1, 0.15) is 10.6 Å². The van der Waals surface area contributed by atoms with E-state index in [2.05, 4.69) is 15.5 Å². The Morgan fingerprint density at radius 1 is 1.42 bits per heavy atom. The van der Waals surface area contributed by atoms with Crippen LogP contribution < -0.4 is 11.1 Å². The molecule has 0 saturated carbocycles. The van der Waals surface area contributed by atoms with Gasteiger partial charge >= 0.3 is 0 Å². The van der Waals surface area contributed by atoms with Crippen LogP contribution in [0.3, 0.4) is 0 Å². The molecule has 19 heavy (non-hydrogen) atoms. The summed E-state index contributed by atoms with van der Waals surface area (Å²) in [4.78, 5) is 11.8. The molecule has 1 aromatic carbocycles. The van der Waals surface area contributed by atoms with E-state index in [1.165, 1.54) is 23.1 Å². The fourth-order valence-electron chi connectivity index (χ4n) is 1.44. The van der Waals surface area contributed by atoms with Gasteiger partial charge in [-0.15, -0.1) is 10.2 Å². The van der Waals surface area contributed by atoms with E-state index in [1.807, 2.05) is 32.0 Å². The lowest BCUT2D eigenvalue weighted by Crippen LogP contribution is -2.15. The molecule has 2 aromatic rings. The molecule has 0 spiro atoms. The van der Waals surface area contributed by atoms with Crippen LogP contribution in [0.2, 0.25) is 0 Å². The lowest BCUT2D eigenvalue weighted by molar-refractivity contribution is -0.113. The minimum absolute atomic E-state index is 0.0773. The SMILES string of the molecule is Cc1nnc(SCC(=O)Nc2cccc(N)c2C)s1. The van der Waals surface area contributed by atoms with Crippen LogP contribution in [0, 0.1) is 13.8 Å². The average Bonchev–Trinajstić information content (AvgIpc) is 2.78. The van der Waals surface area contributed by atoms with Gasteiger partial charge in [-0.3, -0.25) is 4.79 Å². The van der Waals surface area contributed by atoms with Crippen molar-refractivity contribution in [1.82, 2.24) is 10.2 Å². The topological polar surface area (TPSA) is 80.9 Å². The molecule has 0 unspecified atom stereocenters. The Balaban J connectivity index is 1.92. The minimum Gasteiger partial charge on any atom is -0.398 e. The highest BCUT2D eigenvalue weighted by Crippen LogP contribution is 2.23. The second kappa shape index (κ2) is 6.03. The standard InChI is InChI=1S/C12H14N4OS2/c1-7-9(13)4-3-5-10(7)14-11(17)6-18-12-16-15-8(2)19-12/h3-5H,6,13H2,1-2H3,(H,14,17). The summed E-state index contributed by atoms with van der Waals surface area (Å²) in [5.41, 5.74) is 8.09. The number of aryl methyl sites for hydroxylation is 1. The van der Waals surface area contributed by atoms with Crippen LogP contribution in [0.4, 0.5) is 11.4 Å². The van der Waals surface area contributed by atoms with Crippen LogP contribution in [0.25, 0.3) is 0 Å². The Bertz CT molecular complexity index is 597. The van der Waals surface area contributed by atoms with E-state index in [0.717, 1.165) is 20.6 Å². The quantitative estimate of drug-likeness (QED) is 0.669. The number of carbonyl (C=O) groups is 1. The van der Waals surface area contributed by atoms with Gasteiger partial charge in [0.25, 0.3) is 0 Å². The molecule has 0 aliphatic rings. The molecule has 0 aliphatic carbocycles. The van der Waals surface area contributed by atoms with Crippen LogP contribution in [-0.2, 0) is 4.79 Å². The Morgan fingerprint density at radius 2 is 2.21 bits per heavy atom. The van der Waals surface area contributed by atoms with Crippen LogP contribution >= 0.6 is 23.1 Å². The zero-order valence-corrected chi connectivity index (χ0v) is 12.3. The molecule has 0 aliphatic heterocycles. The maximum absolute atomic E-state index is 11.8. The van der Waals surface area contributed by atoms with Crippen molar-refractivity contribution in [2.24, 2.45) is 0 Å². The molecule has 1 amide bonds. The summed E-state index contributed by atoms with van der Waals surface area (Å²) in [7, 11) is 0. The van der Waals surface area contributed by atoms with Crippen molar-refractivity contribution in [3.63, 3.8) is 0 Å². The van der Waals surface area contributed by atoms with Gasteiger partial charge < -0.3 is 11.1 Å². The van der Waals surface area contributed by atoms with Gasteiger partial charge in [0.2, 0.25) is 5.91 Å². The van der Waals surface area contributed by atoms with Crippen molar-refractivity contribution >= 4 is 40.4 Å². The van der Waals surface area contributed by atoms with E-state index in [-0.39, 0.29) is 5.91 Å². The largest absolute Gasteiger partial charge is 0.398 e. The highest BCUT2D eigenvalue weighted by Gasteiger charge is 2.08. The Hall–Kier alpha value is -1.60. The van der Waals surface area contributed by atoms with Gasteiger partial charge in [0, 0.05) is 11.4 Å². The lowest BCUT2D eigenvalue weighted by atomic mass is 10.1. The number of nitrogens with two attached hydrogens (primary N) is 1. The Labute approximate surface area is 119 Å². The Morgan fingerprint density at radius 3 is 2.89 bits per heavy atom. The van der Waals surface area contributed by atoms with Gasteiger partial charge in [0.15, 0.2) is 4.34 Å². The maximum atomic E-state index is 11.8. The molecule has 1 aromatic heterocycles. The molecule has 7 heteroatoms. The first kappa shape index (κ1) is 13.8. The number of nitrogens with one attached hydrogen (secondary N) is 1. The van der Waals surface area contributed by atoms with E-state index in [0.29, 0.717) is 11.4 Å². The zero-order valence-electron chi connectivity index (χ0n) is 10.6. The van der Waals surface area contributed by atoms with Crippen molar-refractivity contribution in [1.29, 1.82) is 0 Å². The number of nitrogen functional groups attached to an aromatic ring is 1. The van der Waals surface area contributed by atoms with E-state index in [9.17, 15) is 4.79 Å². The molecule has 0 atom stereocenters. The molecule has 1 heterocycles. The second-order valence-corrected chi connectivity index (χ2v) is 6.35. The molecule has 0 bridgehead atoms. The summed E-state index contributed by atoms with van der Waals surface area (Å²) in [6, 6.07) is 5.46. The van der Waals surface area contributed by atoms with Gasteiger partial charge in [-0.25, -0.2) is 0 Å². The number of nitrogens with zero attached hydrogens (tertiary/aromatic N) is 2. The molecule has 0 radical (unpaired) electrons. The highest BCUT2D eigenvalue weighted by molar-refractivity contribution is 8.01. The summed E-state index contributed by atoms with van der Waals surface area (Å²) in [6.45, 7) is 3.77. The van der Waals surface area contributed by atoms with Crippen LogP contribution in [0.15, 0.2) is 22.5 Å². The van der Waals surface area contributed by atoms with E-state index in [4.69, 9.17) is 5.73 Å². The van der Waals surface area contributed by atoms with Gasteiger partial charge in [0.05, 0.1) is 5.75 Å². The number of hydrogen-bond acceptors (Lipinski definition) is 6.